The van der Waals surface area contributed by atoms with Crippen LogP contribution in [0.2, 0.25) is 0 Å². The molecule has 0 aliphatic carbocycles. The number of nitrogens with zero attached hydrogens (tertiary/aromatic N) is 1. The van der Waals surface area contributed by atoms with E-state index in [0.717, 1.165) is 25.9 Å². The summed E-state index contributed by atoms with van der Waals surface area (Å²) in [6.07, 6.45) is 1.75. The summed E-state index contributed by atoms with van der Waals surface area (Å²) in [5.41, 5.74) is 3.73. The molecule has 0 aromatic rings. The number of amides is 1. The van der Waals surface area contributed by atoms with Crippen LogP contribution < -0.4 is 16.2 Å². The van der Waals surface area contributed by atoms with Crippen LogP contribution in [0, 0.1) is 5.92 Å². The van der Waals surface area contributed by atoms with E-state index >= 15 is 0 Å². The molecule has 0 unspecified atom stereocenters. The molecule has 0 spiro atoms. The fourth-order valence-electron chi connectivity index (χ4n) is 2.58. The van der Waals surface area contributed by atoms with Gasteiger partial charge in [-0.15, -0.1) is 0 Å². The van der Waals surface area contributed by atoms with Gasteiger partial charge in [0.2, 0.25) is 0 Å². The highest BCUT2D eigenvalue weighted by molar-refractivity contribution is 7.80. The average molecular weight is 258 g/mol. The molecule has 1 atom stereocenters. The van der Waals surface area contributed by atoms with E-state index in [9.17, 15) is 9.90 Å². The van der Waals surface area contributed by atoms with Gasteiger partial charge in [0.1, 0.15) is 0 Å². The fourth-order valence-corrected chi connectivity index (χ4v) is 2.63. The number of thiocarbonyl (C=S) groups is 1. The zero-order valence-electron chi connectivity index (χ0n) is 9.82. The summed E-state index contributed by atoms with van der Waals surface area (Å²) < 4.78 is 0. The third kappa shape index (κ3) is 2.36. The molecular formula is C10H18N4O2S. The molecule has 17 heavy (non-hydrogen) atoms. The van der Waals surface area contributed by atoms with Gasteiger partial charge in [0.25, 0.3) is 5.91 Å². The lowest BCUT2D eigenvalue weighted by atomic mass is 9.75. The molecule has 3 heterocycles. The number of fused-ring (bicyclic) bond motifs is 3. The number of hydrogen-bond donors (Lipinski definition) is 4. The Labute approximate surface area is 106 Å². The van der Waals surface area contributed by atoms with Gasteiger partial charge in [0.15, 0.2) is 10.7 Å². The molecule has 96 valence electrons. The Morgan fingerprint density at radius 1 is 1.41 bits per heavy atom. The van der Waals surface area contributed by atoms with E-state index in [1.54, 1.807) is 7.05 Å². The summed E-state index contributed by atoms with van der Waals surface area (Å²) in [7, 11) is 1.66. The summed E-state index contributed by atoms with van der Waals surface area (Å²) in [5, 5.41) is 13.5. The maximum atomic E-state index is 12.0. The molecule has 3 rings (SSSR count). The number of aliphatic hydroxyl groups is 1. The van der Waals surface area contributed by atoms with Crippen molar-refractivity contribution in [3.63, 3.8) is 0 Å². The standard InChI is InChI=1S/C10H18N4O2S/c1-11-9(17)13-12-8(15)10(16)6-14-4-2-7(10)3-5-14/h7,16H,2-6H2,1H3,(H,12,15)(H2,11,13,17)/t10-/m1/s1. The largest absolute Gasteiger partial charge is 0.378 e. The second-order valence-electron chi connectivity index (χ2n) is 4.63. The molecule has 6 nitrogen and oxygen atoms in total. The Balaban J connectivity index is 1.96. The van der Waals surface area contributed by atoms with Gasteiger partial charge in [-0.1, -0.05) is 0 Å². The zero-order chi connectivity index (χ0) is 12.5. The van der Waals surface area contributed by atoms with E-state index < -0.39 is 11.5 Å². The second-order valence-corrected chi connectivity index (χ2v) is 5.04. The summed E-state index contributed by atoms with van der Waals surface area (Å²) in [4.78, 5) is 14.1. The van der Waals surface area contributed by atoms with Crippen molar-refractivity contribution in [3.05, 3.63) is 0 Å². The van der Waals surface area contributed by atoms with Crippen molar-refractivity contribution < 1.29 is 9.90 Å². The predicted octanol–water partition coefficient (Wildman–Crippen LogP) is -1.43. The first kappa shape index (κ1) is 12.5. The van der Waals surface area contributed by atoms with E-state index in [0.29, 0.717) is 11.7 Å². The Morgan fingerprint density at radius 3 is 2.53 bits per heavy atom. The van der Waals surface area contributed by atoms with Crippen molar-refractivity contribution in [1.29, 1.82) is 0 Å². The molecule has 0 radical (unpaired) electrons. The molecule has 1 amide bonds. The van der Waals surface area contributed by atoms with E-state index in [4.69, 9.17) is 12.2 Å². The molecule has 3 saturated heterocycles. The van der Waals surface area contributed by atoms with Gasteiger partial charge in [-0.05, 0) is 38.1 Å². The number of hydrogen-bond acceptors (Lipinski definition) is 4. The van der Waals surface area contributed by atoms with Crippen molar-refractivity contribution in [3.8, 4) is 0 Å². The maximum absolute atomic E-state index is 12.0. The number of hydrazine groups is 1. The fraction of sp³-hybridized carbons (Fsp3) is 0.800. The van der Waals surface area contributed by atoms with Crippen LogP contribution in [0.4, 0.5) is 0 Å². The highest BCUT2D eigenvalue weighted by Crippen LogP contribution is 2.35. The lowest BCUT2D eigenvalue weighted by Gasteiger charge is -2.49. The normalized spacial score (nSPS) is 35.2. The van der Waals surface area contributed by atoms with Crippen molar-refractivity contribution in [2.45, 2.75) is 18.4 Å². The van der Waals surface area contributed by atoms with Crippen molar-refractivity contribution >= 4 is 23.2 Å². The number of piperidine rings is 3. The van der Waals surface area contributed by atoms with E-state index in [2.05, 4.69) is 21.1 Å². The lowest BCUT2D eigenvalue weighted by molar-refractivity contribution is -0.162. The van der Waals surface area contributed by atoms with Gasteiger partial charge >= 0.3 is 0 Å². The first-order valence-electron chi connectivity index (χ1n) is 5.79. The Bertz CT molecular complexity index is 330. The van der Waals surface area contributed by atoms with Crippen molar-refractivity contribution in [2.75, 3.05) is 26.7 Å². The average Bonchev–Trinajstić information content (AvgIpc) is 2.36. The third-order valence-corrected chi connectivity index (χ3v) is 3.94. The predicted molar refractivity (Wildman–Crippen MR) is 67.0 cm³/mol. The molecule has 7 heteroatoms. The van der Waals surface area contributed by atoms with E-state index in [1.165, 1.54) is 0 Å². The van der Waals surface area contributed by atoms with Crippen LogP contribution in [-0.2, 0) is 4.79 Å². The minimum atomic E-state index is -1.28. The van der Waals surface area contributed by atoms with Crippen molar-refractivity contribution in [1.82, 2.24) is 21.1 Å². The molecule has 0 aromatic heterocycles. The minimum Gasteiger partial charge on any atom is -0.378 e. The van der Waals surface area contributed by atoms with Gasteiger partial charge < -0.3 is 10.4 Å². The first-order chi connectivity index (χ1) is 8.06. The van der Waals surface area contributed by atoms with Crippen LogP contribution in [0.25, 0.3) is 0 Å². The second kappa shape index (κ2) is 4.75. The Hall–Kier alpha value is -0.920. The quantitative estimate of drug-likeness (QED) is 0.341. The number of nitrogens with one attached hydrogen (secondary N) is 3. The molecule has 4 N–H and O–H groups in total. The topological polar surface area (TPSA) is 76.6 Å². The van der Waals surface area contributed by atoms with E-state index in [1.807, 2.05) is 0 Å². The van der Waals surface area contributed by atoms with Gasteiger partial charge in [0, 0.05) is 19.5 Å². The summed E-state index contributed by atoms with van der Waals surface area (Å²) >= 11 is 4.85. The maximum Gasteiger partial charge on any atom is 0.271 e. The molecule has 0 aromatic carbocycles. The van der Waals surface area contributed by atoms with Crippen LogP contribution in [0.1, 0.15) is 12.8 Å². The number of carbonyl (C=O) groups excluding carboxylic acids is 1. The van der Waals surface area contributed by atoms with Gasteiger partial charge in [0.05, 0.1) is 0 Å². The van der Waals surface area contributed by atoms with Gasteiger partial charge in [-0.2, -0.15) is 0 Å². The zero-order valence-corrected chi connectivity index (χ0v) is 10.6. The highest BCUT2D eigenvalue weighted by atomic mass is 32.1. The van der Waals surface area contributed by atoms with Crippen molar-refractivity contribution in [2.24, 2.45) is 5.92 Å². The minimum absolute atomic E-state index is 0.0532. The van der Waals surface area contributed by atoms with Crippen LogP contribution in [0.3, 0.4) is 0 Å². The monoisotopic (exact) mass is 258 g/mol. The molecular weight excluding hydrogens is 240 g/mol. The number of carbonyl (C=O) groups is 1. The summed E-state index contributed by atoms with van der Waals surface area (Å²) in [6, 6.07) is 0. The summed E-state index contributed by atoms with van der Waals surface area (Å²) in [5.74, 6) is -0.345. The van der Waals surface area contributed by atoms with Crippen LogP contribution in [0.5, 0.6) is 0 Å². The van der Waals surface area contributed by atoms with Crippen LogP contribution in [0.15, 0.2) is 0 Å². The molecule has 3 aliphatic rings. The molecule has 3 aliphatic heterocycles. The highest BCUT2D eigenvalue weighted by Gasteiger charge is 2.50. The van der Waals surface area contributed by atoms with Gasteiger partial charge in [-0.25, -0.2) is 0 Å². The van der Waals surface area contributed by atoms with Crippen LogP contribution >= 0.6 is 12.2 Å². The Kier molecular flexibility index (Phi) is 3.50. The lowest BCUT2D eigenvalue weighted by Crippen LogP contribution is -2.67. The smallest absolute Gasteiger partial charge is 0.271 e. The molecule has 0 saturated carbocycles. The van der Waals surface area contributed by atoms with E-state index in [-0.39, 0.29) is 5.92 Å². The Morgan fingerprint density at radius 2 is 2.06 bits per heavy atom. The van der Waals surface area contributed by atoms with Gasteiger partial charge in [-0.3, -0.25) is 20.5 Å². The SMILES string of the molecule is CNC(=S)NNC(=O)[C@@]1(O)CN2CCC1CC2. The first-order valence-corrected chi connectivity index (χ1v) is 6.20. The summed E-state index contributed by atoms with van der Waals surface area (Å²) in [6.45, 7) is 2.36. The van der Waals surface area contributed by atoms with Crippen LogP contribution in [-0.4, -0.2) is 53.3 Å². The third-order valence-electron chi connectivity index (χ3n) is 3.64. The molecule has 2 bridgehead atoms. The molecule has 3 fully saturated rings. The number of rotatable bonds is 1.